The Morgan fingerprint density at radius 3 is 2.76 bits per heavy atom. The lowest BCUT2D eigenvalue weighted by Gasteiger charge is -2.17. The highest BCUT2D eigenvalue weighted by Crippen LogP contribution is 2.23. The molecule has 0 saturated carbocycles. The van der Waals surface area contributed by atoms with E-state index >= 15 is 0 Å². The topological polar surface area (TPSA) is 41.8 Å². The summed E-state index contributed by atoms with van der Waals surface area (Å²) < 4.78 is 5.90. The quantitative estimate of drug-likeness (QED) is 0.479. The average molecular weight is 235 g/mol. The molecule has 3 nitrogen and oxygen atoms in total. The standard InChI is InChI=1S/C14H21NO2/c1-5-6-11(3)17-14-9-10(2)7-8-13(14)12(4)15-16/h7-9,11,16H,5-6H2,1-4H3/b15-12+. The third-order valence-corrected chi connectivity index (χ3v) is 2.70. The summed E-state index contributed by atoms with van der Waals surface area (Å²) in [6, 6.07) is 5.90. The van der Waals surface area contributed by atoms with Gasteiger partial charge in [0.05, 0.1) is 11.8 Å². The molecule has 3 heteroatoms. The van der Waals surface area contributed by atoms with Crippen molar-refractivity contribution in [1.29, 1.82) is 0 Å². The summed E-state index contributed by atoms with van der Waals surface area (Å²) in [7, 11) is 0. The van der Waals surface area contributed by atoms with Crippen molar-refractivity contribution in [3.05, 3.63) is 29.3 Å². The van der Waals surface area contributed by atoms with Crippen LogP contribution >= 0.6 is 0 Å². The molecule has 0 heterocycles. The van der Waals surface area contributed by atoms with Crippen LogP contribution in [0.25, 0.3) is 0 Å². The van der Waals surface area contributed by atoms with Gasteiger partial charge in [-0.15, -0.1) is 0 Å². The van der Waals surface area contributed by atoms with E-state index in [1.54, 1.807) is 6.92 Å². The number of aryl methyl sites for hydroxylation is 1. The first-order valence-electron chi connectivity index (χ1n) is 6.04. The van der Waals surface area contributed by atoms with E-state index in [0.29, 0.717) is 5.71 Å². The normalized spacial score (nSPS) is 13.5. The Kier molecular flexibility index (Phi) is 5.01. The van der Waals surface area contributed by atoms with Crippen molar-refractivity contribution in [3.63, 3.8) is 0 Å². The van der Waals surface area contributed by atoms with E-state index < -0.39 is 0 Å². The fourth-order valence-corrected chi connectivity index (χ4v) is 1.76. The van der Waals surface area contributed by atoms with Gasteiger partial charge in [0.2, 0.25) is 0 Å². The van der Waals surface area contributed by atoms with Crippen LogP contribution in [0.4, 0.5) is 0 Å². The van der Waals surface area contributed by atoms with E-state index in [4.69, 9.17) is 9.94 Å². The van der Waals surface area contributed by atoms with E-state index in [1.807, 2.05) is 25.1 Å². The highest BCUT2D eigenvalue weighted by molar-refractivity contribution is 6.00. The van der Waals surface area contributed by atoms with Crippen molar-refractivity contribution in [2.24, 2.45) is 5.16 Å². The minimum atomic E-state index is 0.173. The van der Waals surface area contributed by atoms with Gasteiger partial charge < -0.3 is 9.94 Å². The first-order valence-corrected chi connectivity index (χ1v) is 6.04. The Morgan fingerprint density at radius 1 is 1.47 bits per heavy atom. The number of benzene rings is 1. The lowest BCUT2D eigenvalue weighted by molar-refractivity contribution is 0.209. The maximum atomic E-state index is 8.85. The molecule has 1 atom stereocenters. The van der Waals surface area contributed by atoms with Gasteiger partial charge in [-0.25, -0.2) is 0 Å². The monoisotopic (exact) mass is 235 g/mol. The molecule has 0 aliphatic rings. The Balaban J connectivity index is 2.99. The maximum Gasteiger partial charge on any atom is 0.129 e. The molecule has 0 spiro atoms. The SMILES string of the molecule is CCCC(C)Oc1cc(C)ccc1/C(C)=N/O. The molecule has 0 radical (unpaired) electrons. The van der Waals surface area contributed by atoms with Crippen LogP contribution in [0.1, 0.15) is 44.7 Å². The summed E-state index contributed by atoms with van der Waals surface area (Å²) in [4.78, 5) is 0. The van der Waals surface area contributed by atoms with Gasteiger partial charge in [-0.3, -0.25) is 0 Å². The second-order valence-corrected chi connectivity index (χ2v) is 4.40. The predicted octanol–water partition coefficient (Wildman–Crippen LogP) is 3.76. The fraction of sp³-hybridized carbons (Fsp3) is 0.500. The predicted molar refractivity (Wildman–Crippen MR) is 70.2 cm³/mol. The number of hydrogen-bond acceptors (Lipinski definition) is 3. The first-order chi connectivity index (χ1) is 8.08. The van der Waals surface area contributed by atoms with Crippen molar-refractivity contribution in [3.8, 4) is 5.75 Å². The first kappa shape index (κ1) is 13.6. The summed E-state index contributed by atoms with van der Waals surface area (Å²) in [5, 5.41) is 12.1. The zero-order valence-corrected chi connectivity index (χ0v) is 11.0. The highest BCUT2D eigenvalue weighted by Gasteiger charge is 2.10. The average Bonchev–Trinajstić information content (AvgIpc) is 2.28. The second-order valence-electron chi connectivity index (χ2n) is 4.40. The molecule has 0 saturated heterocycles. The fourth-order valence-electron chi connectivity index (χ4n) is 1.76. The zero-order chi connectivity index (χ0) is 12.8. The molecular formula is C14H21NO2. The number of rotatable bonds is 5. The Hall–Kier alpha value is -1.51. The molecule has 0 bridgehead atoms. The molecule has 1 rings (SSSR count). The molecule has 0 fully saturated rings. The van der Waals surface area contributed by atoms with Crippen LogP contribution in [-0.4, -0.2) is 17.0 Å². The maximum absolute atomic E-state index is 8.85. The van der Waals surface area contributed by atoms with Crippen molar-refractivity contribution >= 4 is 5.71 Å². The summed E-state index contributed by atoms with van der Waals surface area (Å²) in [5.41, 5.74) is 2.56. The molecule has 1 unspecified atom stereocenters. The van der Waals surface area contributed by atoms with E-state index in [0.717, 1.165) is 29.7 Å². The van der Waals surface area contributed by atoms with E-state index in [9.17, 15) is 0 Å². The minimum Gasteiger partial charge on any atom is -0.490 e. The van der Waals surface area contributed by atoms with Gasteiger partial charge in [0.25, 0.3) is 0 Å². The van der Waals surface area contributed by atoms with Crippen LogP contribution in [0.3, 0.4) is 0 Å². The third-order valence-electron chi connectivity index (χ3n) is 2.70. The van der Waals surface area contributed by atoms with Crippen LogP contribution in [-0.2, 0) is 0 Å². The molecular weight excluding hydrogens is 214 g/mol. The van der Waals surface area contributed by atoms with Gasteiger partial charge in [-0.05, 0) is 44.9 Å². The lowest BCUT2D eigenvalue weighted by atomic mass is 10.1. The molecule has 1 aromatic rings. The van der Waals surface area contributed by atoms with E-state index in [-0.39, 0.29) is 6.10 Å². The second kappa shape index (κ2) is 6.28. The smallest absolute Gasteiger partial charge is 0.129 e. The Labute approximate surface area is 103 Å². The van der Waals surface area contributed by atoms with Crippen LogP contribution in [0, 0.1) is 6.92 Å². The van der Waals surface area contributed by atoms with Gasteiger partial charge in [0, 0.05) is 5.56 Å². The number of ether oxygens (including phenoxy) is 1. The summed E-state index contributed by atoms with van der Waals surface area (Å²) in [6.07, 6.45) is 2.28. The molecule has 0 aliphatic heterocycles. The Morgan fingerprint density at radius 2 is 2.18 bits per heavy atom. The van der Waals surface area contributed by atoms with Gasteiger partial charge in [0.15, 0.2) is 0 Å². The Bertz CT molecular complexity index is 399. The van der Waals surface area contributed by atoms with Crippen molar-refractivity contribution in [2.75, 3.05) is 0 Å². The summed E-state index contributed by atoms with van der Waals surface area (Å²) in [6.45, 7) is 7.98. The van der Waals surface area contributed by atoms with Crippen LogP contribution < -0.4 is 4.74 Å². The number of hydrogen-bond donors (Lipinski definition) is 1. The van der Waals surface area contributed by atoms with Crippen molar-refractivity contribution in [2.45, 2.75) is 46.6 Å². The molecule has 1 aromatic carbocycles. The van der Waals surface area contributed by atoms with E-state index in [2.05, 4.69) is 19.0 Å². The number of oxime groups is 1. The molecule has 0 aromatic heterocycles. The van der Waals surface area contributed by atoms with Crippen molar-refractivity contribution < 1.29 is 9.94 Å². The van der Waals surface area contributed by atoms with Crippen LogP contribution in [0.5, 0.6) is 5.75 Å². The summed E-state index contributed by atoms with van der Waals surface area (Å²) >= 11 is 0. The molecule has 0 aliphatic carbocycles. The number of nitrogens with zero attached hydrogens (tertiary/aromatic N) is 1. The molecule has 0 amide bonds. The summed E-state index contributed by atoms with van der Waals surface area (Å²) in [5.74, 6) is 0.793. The zero-order valence-electron chi connectivity index (χ0n) is 11.0. The van der Waals surface area contributed by atoms with Crippen LogP contribution in [0.2, 0.25) is 0 Å². The highest BCUT2D eigenvalue weighted by atomic mass is 16.5. The minimum absolute atomic E-state index is 0.173. The van der Waals surface area contributed by atoms with Crippen molar-refractivity contribution in [1.82, 2.24) is 0 Å². The molecule has 94 valence electrons. The van der Waals surface area contributed by atoms with E-state index in [1.165, 1.54) is 0 Å². The molecule has 17 heavy (non-hydrogen) atoms. The van der Waals surface area contributed by atoms with Gasteiger partial charge in [-0.1, -0.05) is 24.6 Å². The lowest BCUT2D eigenvalue weighted by Crippen LogP contribution is -2.13. The van der Waals surface area contributed by atoms with Gasteiger partial charge in [-0.2, -0.15) is 0 Å². The largest absolute Gasteiger partial charge is 0.490 e. The molecule has 1 N–H and O–H groups in total. The van der Waals surface area contributed by atoms with Gasteiger partial charge >= 0.3 is 0 Å². The van der Waals surface area contributed by atoms with Crippen LogP contribution in [0.15, 0.2) is 23.4 Å². The third kappa shape index (κ3) is 3.77. The van der Waals surface area contributed by atoms with Gasteiger partial charge in [0.1, 0.15) is 5.75 Å².